The highest BCUT2D eigenvalue weighted by Crippen LogP contribution is 2.52. The Hall–Kier alpha value is -2.44. The maximum absolute atomic E-state index is 12.9. The third-order valence-corrected chi connectivity index (χ3v) is 7.47. The summed E-state index contributed by atoms with van der Waals surface area (Å²) in [5, 5.41) is 5.46. The maximum Gasteiger partial charge on any atom is 0.407 e. The molecular formula is C22H34N4O7S. The molecule has 2 amide bonds. The van der Waals surface area contributed by atoms with E-state index >= 15 is 0 Å². The number of amides is 2. The molecule has 1 aliphatic heterocycles. The van der Waals surface area contributed by atoms with Crippen molar-refractivity contribution in [2.45, 2.75) is 37.7 Å². The fourth-order valence-corrected chi connectivity index (χ4v) is 5.44. The number of hydrogen-bond donors (Lipinski definition) is 2. The smallest absolute Gasteiger partial charge is 0.407 e. The van der Waals surface area contributed by atoms with Crippen LogP contribution in [0.15, 0.2) is 23.2 Å². The van der Waals surface area contributed by atoms with Crippen molar-refractivity contribution >= 4 is 22.0 Å². The second-order valence-corrected chi connectivity index (χ2v) is 11.4. The zero-order chi connectivity index (χ0) is 24.9. The highest BCUT2D eigenvalue weighted by Gasteiger charge is 2.61. The minimum Gasteiger partial charge on any atom is -0.478 e. The van der Waals surface area contributed by atoms with Crippen LogP contribution in [0, 0.1) is 17.8 Å². The van der Waals surface area contributed by atoms with E-state index in [1.54, 1.807) is 27.9 Å². The standard InChI is InChI=1S/C22H34N4O7S/c1-22(2,3)33-21(28)24-8-5-10-32-18-7-6-15(12-25-18)34(29,30)26-13-16-17(14-26)19(16)20(27)23-9-11-31-4/h6-7,12,16-17,19H,5,8-11,13-14H2,1-4H3,(H,23,27)(H,24,28)/t16-,17+,19+. The summed E-state index contributed by atoms with van der Waals surface area (Å²) in [6, 6.07) is 2.98. The van der Waals surface area contributed by atoms with Gasteiger partial charge in [0, 0.05) is 45.3 Å². The summed E-state index contributed by atoms with van der Waals surface area (Å²) in [6.07, 6.45) is 1.33. The molecule has 12 heteroatoms. The number of rotatable bonds is 11. The quantitative estimate of drug-likeness (QED) is 0.431. The first-order valence-electron chi connectivity index (χ1n) is 11.4. The molecule has 0 radical (unpaired) electrons. The Morgan fingerprint density at radius 3 is 2.41 bits per heavy atom. The molecule has 0 unspecified atom stereocenters. The van der Waals surface area contributed by atoms with Gasteiger partial charge < -0.3 is 24.8 Å². The molecule has 1 saturated heterocycles. The Labute approximate surface area is 200 Å². The van der Waals surface area contributed by atoms with Crippen LogP contribution in [0.5, 0.6) is 5.88 Å². The number of methoxy groups -OCH3 is 1. The van der Waals surface area contributed by atoms with Crippen molar-refractivity contribution in [2.75, 3.05) is 46.5 Å². The largest absolute Gasteiger partial charge is 0.478 e. The number of piperidine rings is 1. The third-order valence-electron chi connectivity index (χ3n) is 5.65. The molecule has 1 saturated carbocycles. The first-order chi connectivity index (χ1) is 16.0. The number of hydrogen-bond acceptors (Lipinski definition) is 8. The van der Waals surface area contributed by atoms with Gasteiger partial charge in [-0.3, -0.25) is 4.79 Å². The van der Waals surface area contributed by atoms with E-state index in [-0.39, 0.29) is 28.6 Å². The Balaban J connectivity index is 1.40. The van der Waals surface area contributed by atoms with Gasteiger partial charge in [0.15, 0.2) is 0 Å². The molecule has 1 aromatic rings. The summed E-state index contributed by atoms with van der Waals surface area (Å²) in [5.74, 6) is 0.258. The second-order valence-electron chi connectivity index (χ2n) is 9.42. The molecule has 11 nitrogen and oxygen atoms in total. The lowest BCUT2D eigenvalue weighted by Crippen LogP contribution is -2.36. The van der Waals surface area contributed by atoms with Crippen LogP contribution in [0.25, 0.3) is 0 Å². The number of aromatic nitrogens is 1. The minimum atomic E-state index is -3.68. The number of nitrogens with zero attached hydrogens (tertiary/aromatic N) is 2. The zero-order valence-corrected chi connectivity index (χ0v) is 20.9. The van der Waals surface area contributed by atoms with Crippen molar-refractivity contribution < 1.29 is 32.2 Å². The van der Waals surface area contributed by atoms with E-state index in [1.165, 1.54) is 22.6 Å². The lowest BCUT2D eigenvalue weighted by Gasteiger charge is -2.19. The number of pyridine rings is 1. The van der Waals surface area contributed by atoms with Gasteiger partial charge in [0.2, 0.25) is 21.8 Å². The van der Waals surface area contributed by atoms with Crippen LogP contribution in [0.2, 0.25) is 0 Å². The average Bonchev–Trinajstić information content (AvgIpc) is 3.25. The van der Waals surface area contributed by atoms with Crippen LogP contribution in [-0.2, 0) is 24.3 Å². The van der Waals surface area contributed by atoms with Crippen LogP contribution in [-0.4, -0.2) is 81.8 Å². The molecule has 34 heavy (non-hydrogen) atoms. The topological polar surface area (TPSA) is 136 Å². The van der Waals surface area contributed by atoms with Gasteiger partial charge in [0.1, 0.15) is 10.5 Å². The zero-order valence-electron chi connectivity index (χ0n) is 20.1. The lowest BCUT2D eigenvalue weighted by atomic mass is 10.2. The molecule has 1 aromatic heterocycles. The van der Waals surface area contributed by atoms with Gasteiger partial charge in [0.25, 0.3) is 0 Å². The molecule has 2 fully saturated rings. The molecule has 2 aliphatic rings. The van der Waals surface area contributed by atoms with Gasteiger partial charge >= 0.3 is 6.09 Å². The molecule has 0 bridgehead atoms. The fourth-order valence-electron chi connectivity index (χ4n) is 3.97. The van der Waals surface area contributed by atoms with Crippen molar-refractivity contribution in [3.05, 3.63) is 18.3 Å². The molecule has 190 valence electrons. The Bertz CT molecular complexity index is 950. The Kier molecular flexibility index (Phi) is 8.37. The first kappa shape index (κ1) is 26.2. The van der Waals surface area contributed by atoms with E-state index in [0.717, 1.165) is 0 Å². The van der Waals surface area contributed by atoms with E-state index in [4.69, 9.17) is 14.2 Å². The molecular weight excluding hydrogens is 464 g/mol. The van der Waals surface area contributed by atoms with E-state index < -0.39 is 21.7 Å². The number of alkyl carbamates (subject to hydrolysis) is 1. The number of ether oxygens (including phenoxy) is 3. The van der Waals surface area contributed by atoms with Crippen molar-refractivity contribution in [3.8, 4) is 5.88 Å². The summed E-state index contributed by atoms with van der Waals surface area (Å²) >= 11 is 0. The van der Waals surface area contributed by atoms with Crippen molar-refractivity contribution in [1.82, 2.24) is 19.9 Å². The minimum absolute atomic E-state index is 0.0337. The second kappa shape index (κ2) is 10.9. The van der Waals surface area contributed by atoms with Crippen LogP contribution in [0.3, 0.4) is 0 Å². The summed E-state index contributed by atoms with van der Waals surface area (Å²) in [6.45, 7) is 7.62. The van der Waals surface area contributed by atoms with Gasteiger partial charge in [-0.05, 0) is 45.1 Å². The molecule has 3 atom stereocenters. The highest BCUT2D eigenvalue weighted by molar-refractivity contribution is 7.89. The number of nitrogens with one attached hydrogen (secondary N) is 2. The molecule has 2 N–H and O–H groups in total. The van der Waals surface area contributed by atoms with Gasteiger partial charge in [-0.25, -0.2) is 18.2 Å². The normalized spacial score (nSPS) is 22.1. The van der Waals surface area contributed by atoms with Crippen LogP contribution in [0.4, 0.5) is 4.79 Å². The fraction of sp³-hybridized carbons (Fsp3) is 0.682. The van der Waals surface area contributed by atoms with Crippen molar-refractivity contribution in [2.24, 2.45) is 17.8 Å². The third kappa shape index (κ3) is 6.80. The number of sulfonamides is 1. The molecule has 1 aliphatic carbocycles. The van der Waals surface area contributed by atoms with E-state index in [2.05, 4.69) is 15.6 Å². The van der Waals surface area contributed by atoms with Gasteiger partial charge in [-0.1, -0.05) is 0 Å². The van der Waals surface area contributed by atoms with Crippen molar-refractivity contribution in [3.63, 3.8) is 0 Å². The molecule has 0 spiro atoms. The number of carbonyl (C=O) groups is 2. The highest BCUT2D eigenvalue weighted by atomic mass is 32.2. The van der Waals surface area contributed by atoms with Gasteiger partial charge in [0.05, 0.1) is 19.4 Å². The number of fused-ring (bicyclic) bond motifs is 1. The van der Waals surface area contributed by atoms with Gasteiger partial charge in [-0.2, -0.15) is 4.31 Å². The van der Waals surface area contributed by atoms with E-state index in [9.17, 15) is 18.0 Å². The van der Waals surface area contributed by atoms with Crippen LogP contribution >= 0.6 is 0 Å². The summed E-state index contributed by atoms with van der Waals surface area (Å²) in [5.41, 5.74) is -0.553. The molecule has 3 rings (SSSR count). The summed E-state index contributed by atoms with van der Waals surface area (Å²) in [7, 11) is -2.11. The Morgan fingerprint density at radius 1 is 1.12 bits per heavy atom. The SMILES string of the molecule is COCCNC(=O)[C@H]1[C@@H]2CN(S(=O)(=O)c3ccc(OCCCNC(=O)OC(C)(C)C)nc3)C[C@@H]21. The predicted octanol–water partition coefficient (Wildman–Crippen LogP) is 1.00. The number of carbonyl (C=O) groups excluding carboxylic acids is 2. The van der Waals surface area contributed by atoms with E-state index in [0.29, 0.717) is 51.7 Å². The molecule has 0 aromatic carbocycles. The predicted molar refractivity (Wildman–Crippen MR) is 123 cm³/mol. The summed E-state index contributed by atoms with van der Waals surface area (Å²) < 4.78 is 42.9. The van der Waals surface area contributed by atoms with Crippen molar-refractivity contribution in [1.29, 1.82) is 0 Å². The summed E-state index contributed by atoms with van der Waals surface area (Å²) in [4.78, 5) is 28.0. The van der Waals surface area contributed by atoms with Crippen LogP contribution in [0.1, 0.15) is 27.2 Å². The van der Waals surface area contributed by atoms with Crippen LogP contribution < -0.4 is 15.4 Å². The maximum atomic E-state index is 12.9. The Morgan fingerprint density at radius 2 is 1.82 bits per heavy atom. The lowest BCUT2D eigenvalue weighted by molar-refractivity contribution is -0.123. The van der Waals surface area contributed by atoms with Gasteiger partial charge in [-0.15, -0.1) is 0 Å². The molecule has 2 heterocycles. The average molecular weight is 499 g/mol. The monoisotopic (exact) mass is 498 g/mol. The van der Waals surface area contributed by atoms with E-state index in [1.807, 2.05) is 0 Å². The first-order valence-corrected chi connectivity index (χ1v) is 12.8.